The van der Waals surface area contributed by atoms with Crippen molar-refractivity contribution in [2.24, 2.45) is 0 Å². The van der Waals surface area contributed by atoms with E-state index in [1.54, 1.807) is 14.2 Å². The average molecular weight is 268 g/mol. The molecule has 18 heavy (non-hydrogen) atoms. The van der Waals surface area contributed by atoms with Gasteiger partial charge < -0.3 is 14.6 Å². The molecule has 0 amide bonds. The molecule has 0 spiro atoms. The maximum atomic E-state index is 10.9. The van der Waals surface area contributed by atoms with E-state index < -0.39 is 5.60 Å². The first kappa shape index (κ1) is 13.6. The zero-order valence-corrected chi connectivity index (χ0v) is 11.9. The third-order valence-electron chi connectivity index (χ3n) is 3.62. The van der Waals surface area contributed by atoms with E-state index in [4.69, 9.17) is 9.47 Å². The van der Waals surface area contributed by atoms with E-state index in [2.05, 4.69) is 6.92 Å². The molecule has 1 N–H and O–H groups in total. The number of hydrogen-bond donors (Lipinski definition) is 1. The van der Waals surface area contributed by atoms with Crippen molar-refractivity contribution in [3.8, 4) is 11.5 Å². The van der Waals surface area contributed by atoms with Gasteiger partial charge in [0.05, 0.1) is 14.2 Å². The molecule has 1 fully saturated rings. The van der Waals surface area contributed by atoms with Crippen molar-refractivity contribution in [1.82, 2.24) is 0 Å². The van der Waals surface area contributed by atoms with E-state index >= 15 is 0 Å². The molecule has 0 aromatic heterocycles. The Balaban J connectivity index is 2.42. The maximum absolute atomic E-state index is 10.9. The van der Waals surface area contributed by atoms with Gasteiger partial charge in [-0.25, -0.2) is 0 Å². The number of methoxy groups -OCH3 is 2. The summed E-state index contributed by atoms with van der Waals surface area (Å²) >= 11 is 1.81. The van der Waals surface area contributed by atoms with Gasteiger partial charge in [0.15, 0.2) is 0 Å². The lowest BCUT2D eigenvalue weighted by atomic mass is 9.85. The fraction of sp³-hybridized carbons (Fsp3) is 0.571. The Morgan fingerprint density at radius 2 is 2.11 bits per heavy atom. The summed E-state index contributed by atoms with van der Waals surface area (Å²) in [6.07, 6.45) is 1.81. The standard InChI is InChI=1S/C14H20O3S/c1-10-14(15,7-4-8-18-10)12-6-5-11(16-2)9-13(12)17-3/h5-6,9-10,15H,4,7-8H2,1-3H3. The summed E-state index contributed by atoms with van der Waals surface area (Å²) in [6, 6.07) is 5.63. The molecule has 1 saturated heterocycles. The summed E-state index contributed by atoms with van der Waals surface area (Å²) in [5, 5.41) is 11.1. The fourth-order valence-corrected chi connectivity index (χ4v) is 3.64. The molecule has 1 aromatic rings. The topological polar surface area (TPSA) is 38.7 Å². The minimum Gasteiger partial charge on any atom is -0.497 e. The summed E-state index contributed by atoms with van der Waals surface area (Å²) in [7, 11) is 3.25. The van der Waals surface area contributed by atoms with Crippen LogP contribution in [0.15, 0.2) is 18.2 Å². The summed E-state index contributed by atoms with van der Waals surface area (Å²) in [4.78, 5) is 0. The van der Waals surface area contributed by atoms with Crippen molar-refractivity contribution in [2.45, 2.75) is 30.6 Å². The van der Waals surface area contributed by atoms with Crippen molar-refractivity contribution < 1.29 is 14.6 Å². The molecule has 0 aliphatic carbocycles. The molecule has 0 radical (unpaired) electrons. The highest BCUT2D eigenvalue weighted by Gasteiger charge is 2.40. The Morgan fingerprint density at radius 3 is 2.72 bits per heavy atom. The fourth-order valence-electron chi connectivity index (χ4n) is 2.45. The van der Waals surface area contributed by atoms with Crippen LogP contribution in [-0.2, 0) is 5.60 Å². The third-order valence-corrected chi connectivity index (χ3v) is 5.03. The van der Waals surface area contributed by atoms with Gasteiger partial charge in [-0.05, 0) is 30.7 Å². The summed E-state index contributed by atoms with van der Waals surface area (Å²) in [5.41, 5.74) is 0.0612. The average Bonchev–Trinajstić information content (AvgIpc) is 2.41. The van der Waals surface area contributed by atoms with Gasteiger partial charge in [-0.15, -0.1) is 0 Å². The van der Waals surface area contributed by atoms with Crippen LogP contribution in [0.5, 0.6) is 11.5 Å². The van der Waals surface area contributed by atoms with Crippen LogP contribution in [-0.4, -0.2) is 30.3 Å². The van der Waals surface area contributed by atoms with Gasteiger partial charge in [-0.2, -0.15) is 11.8 Å². The van der Waals surface area contributed by atoms with Gasteiger partial charge >= 0.3 is 0 Å². The normalized spacial score (nSPS) is 27.9. The van der Waals surface area contributed by atoms with Gasteiger partial charge in [0.1, 0.15) is 17.1 Å². The number of aliphatic hydroxyl groups is 1. The Kier molecular flexibility index (Phi) is 4.07. The van der Waals surface area contributed by atoms with E-state index in [0.29, 0.717) is 5.75 Å². The zero-order valence-electron chi connectivity index (χ0n) is 11.1. The monoisotopic (exact) mass is 268 g/mol. The molecular formula is C14H20O3S. The predicted octanol–water partition coefficient (Wildman–Crippen LogP) is 2.81. The molecular weight excluding hydrogens is 248 g/mol. The smallest absolute Gasteiger partial charge is 0.128 e. The summed E-state index contributed by atoms with van der Waals surface area (Å²) in [6.45, 7) is 2.08. The largest absolute Gasteiger partial charge is 0.497 e. The molecule has 2 atom stereocenters. The lowest BCUT2D eigenvalue weighted by Gasteiger charge is -2.38. The molecule has 1 heterocycles. The van der Waals surface area contributed by atoms with E-state index in [1.807, 2.05) is 30.0 Å². The predicted molar refractivity (Wildman–Crippen MR) is 74.6 cm³/mol. The van der Waals surface area contributed by atoms with E-state index in [0.717, 1.165) is 29.9 Å². The second-order valence-corrected chi connectivity index (χ2v) is 6.06. The third kappa shape index (κ3) is 2.31. The molecule has 0 bridgehead atoms. The Hall–Kier alpha value is -0.870. The zero-order chi connectivity index (χ0) is 13.2. The van der Waals surface area contributed by atoms with Crippen molar-refractivity contribution in [3.05, 3.63) is 23.8 Å². The Bertz CT molecular complexity index is 422. The number of hydrogen-bond acceptors (Lipinski definition) is 4. The number of rotatable bonds is 3. The van der Waals surface area contributed by atoms with E-state index in [1.165, 1.54) is 0 Å². The number of ether oxygens (including phenoxy) is 2. The number of thioether (sulfide) groups is 1. The lowest BCUT2D eigenvalue weighted by Crippen LogP contribution is -2.39. The van der Waals surface area contributed by atoms with Crippen molar-refractivity contribution in [3.63, 3.8) is 0 Å². The van der Waals surface area contributed by atoms with Crippen LogP contribution in [0.25, 0.3) is 0 Å². The molecule has 0 saturated carbocycles. The van der Waals surface area contributed by atoms with Gasteiger partial charge in [0, 0.05) is 16.9 Å². The van der Waals surface area contributed by atoms with Gasteiger partial charge in [-0.1, -0.05) is 6.92 Å². The quantitative estimate of drug-likeness (QED) is 0.915. The first-order chi connectivity index (χ1) is 8.61. The molecule has 1 aliphatic rings. The van der Waals surface area contributed by atoms with Gasteiger partial charge in [-0.3, -0.25) is 0 Å². The lowest BCUT2D eigenvalue weighted by molar-refractivity contribution is 0.0231. The van der Waals surface area contributed by atoms with Crippen molar-refractivity contribution in [2.75, 3.05) is 20.0 Å². The van der Waals surface area contributed by atoms with Gasteiger partial charge in [0.25, 0.3) is 0 Å². The van der Waals surface area contributed by atoms with E-state index in [-0.39, 0.29) is 5.25 Å². The van der Waals surface area contributed by atoms with E-state index in [9.17, 15) is 5.11 Å². The highest BCUT2D eigenvalue weighted by molar-refractivity contribution is 8.00. The van der Waals surface area contributed by atoms with Crippen molar-refractivity contribution in [1.29, 1.82) is 0 Å². The van der Waals surface area contributed by atoms with Crippen molar-refractivity contribution >= 4 is 11.8 Å². The molecule has 1 aliphatic heterocycles. The molecule has 4 heteroatoms. The minimum atomic E-state index is -0.805. The molecule has 3 nitrogen and oxygen atoms in total. The highest BCUT2D eigenvalue weighted by atomic mass is 32.2. The Morgan fingerprint density at radius 1 is 1.33 bits per heavy atom. The van der Waals surface area contributed by atoms with Crippen LogP contribution in [0.1, 0.15) is 25.3 Å². The summed E-state index contributed by atoms with van der Waals surface area (Å²) in [5.74, 6) is 2.56. The first-order valence-electron chi connectivity index (χ1n) is 6.18. The van der Waals surface area contributed by atoms with Crippen LogP contribution < -0.4 is 9.47 Å². The SMILES string of the molecule is COc1ccc(C2(O)CCCSC2C)c(OC)c1. The Labute approximate surface area is 112 Å². The minimum absolute atomic E-state index is 0.175. The summed E-state index contributed by atoms with van der Waals surface area (Å²) < 4.78 is 10.6. The van der Waals surface area contributed by atoms with Crippen LogP contribution >= 0.6 is 11.8 Å². The molecule has 2 unspecified atom stereocenters. The molecule has 1 aromatic carbocycles. The van der Waals surface area contributed by atoms with Crippen LogP contribution in [0.4, 0.5) is 0 Å². The van der Waals surface area contributed by atoms with Crippen LogP contribution in [0, 0.1) is 0 Å². The highest BCUT2D eigenvalue weighted by Crippen LogP contribution is 2.45. The maximum Gasteiger partial charge on any atom is 0.128 e. The molecule has 100 valence electrons. The second-order valence-electron chi connectivity index (χ2n) is 4.61. The van der Waals surface area contributed by atoms with Gasteiger partial charge in [0.2, 0.25) is 0 Å². The number of benzene rings is 1. The second kappa shape index (κ2) is 5.41. The van der Waals surface area contributed by atoms with Crippen LogP contribution in [0.3, 0.4) is 0 Å². The molecule has 2 rings (SSSR count). The first-order valence-corrected chi connectivity index (χ1v) is 7.23. The van der Waals surface area contributed by atoms with Crippen LogP contribution in [0.2, 0.25) is 0 Å².